The zero-order valence-corrected chi connectivity index (χ0v) is 12.0. The predicted molar refractivity (Wildman–Crippen MR) is 74.5 cm³/mol. The molecule has 2 rings (SSSR count). The summed E-state index contributed by atoms with van der Waals surface area (Å²) in [5.74, 6) is 1.44. The van der Waals surface area contributed by atoms with E-state index in [2.05, 4.69) is 24.1 Å². The summed E-state index contributed by atoms with van der Waals surface area (Å²) in [5.41, 5.74) is 0. The Balaban J connectivity index is 1.95. The van der Waals surface area contributed by atoms with E-state index >= 15 is 0 Å². The van der Waals surface area contributed by atoms with Crippen LogP contribution in [0.15, 0.2) is 0 Å². The first-order chi connectivity index (χ1) is 8.72. The van der Waals surface area contributed by atoms with Crippen molar-refractivity contribution in [3.63, 3.8) is 0 Å². The molecule has 0 aromatic carbocycles. The normalized spacial score (nSPS) is 32.0. The molecule has 0 radical (unpaired) electrons. The van der Waals surface area contributed by atoms with Crippen LogP contribution in [0.25, 0.3) is 0 Å². The topological polar surface area (TPSA) is 15.3 Å². The van der Waals surface area contributed by atoms with Crippen molar-refractivity contribution in [1.29, 1.82) is 0 Å². The van der Waals surface area contributed by atoms with Gasteiger partial charge in [0, 0.05) is 31.7 Å². The van der Waals surface area contributed by atoms with Gasteiger partial charge in [-0.1, -0.05) is 33.1 Å². The maximum Gasteiger partial charge on any atom is 0.102 e. The molecular formula is C15H29FN2. The summed E-state index contributed by atoms with van der Waals surface area (Å²) in [6.07, 6.45) is 6.84. The first-order valence-corrected chi connectivity index (χ1v) is 7.75. The molecule has 0 aromatic rings. The SMILES string of the molecule is CC(C)C1CN(CCF)C(C2CCCCC2)CN1. The van der Waals surface area contributed by atoms with E-state index in [1.54, 1.807) is 0 Å². The van der Waals surface area contributed by atoms with Crippen LogP contribution in [0.4, 0.5) is 4.39 Å². The van der Waals surface area contributed by atoms with Crippen molar-refractivity contribution in [2.24, 2.45) is 11.8 Å². The highest BCUT2D eigenvalue weighted by Gasteiger charge is 2.34. The molecule has 1 aliphatic carbocycles. The van der Waals surface area contributed by atoms with Gasteiger partial charge >= 0.3 is 0 Å². The number of piperazine rings is 1. The first kappa shape index (κ1) is 14.3. The van der Waals surface area contributed by atoms with Crippen molar-refractivity contribution in [3.8, 4) is 0 Å². The van der Waals surface area contributed by atoms with Crippen LogP contribution >= 0.6 is 0 Å². The minimum Gasteiger partial charge on any atom is -0.311 e. The zero-order valence-electron chi connectivity index (χ0n) is 12.0. The molecule has 2 unspecified atom stereocenters. The zero-order chi connectivity index (χ0) is 13.0. The van der Waals surface area contributed by atoms with Gasteiger partial charge in [-0.25, -0.2) is 4.39 Å². The maximum atomic E-state index is 12.8. The predicted octanol–water partition coefficient (Wildman–Crippen LogP) is 2.83. The van der Waals surface area contributed by atoms with Crippen molar-refractivity contribution in [3.05, 3.63) is 0 Å². The first-order valence-electron chi connectivity index (χ1n) is 7.75. The Hall–Kier alpha value is -0.150. The standard InChI is InChI=1S/C15H29FN2/c1-12(2)14-11-18(9-8-16)15(10-17-14)13-6-4-3-5-7-13/h12-15,17H,3-11H2,1-2H3. The molecule has 2 nitrogen and oxygen atoms in total. The van der Waals surface area contributed by atoms with Crippen LogP contribution in [-0.2, 0) is 0 Å². The molecule has 106 valence electrons. The molecule has 1 saturated heterocycles. The lowest BCUT2D eigenvalue weighted by atomic mass is 9.81. The Kier molecular flexibility index (Phi) is 5.43. The van der Waals surface area contributed by atoms with Crippen LogP contribution in [0.5, 0.6) is 0 Å². The van der Waals surface area contributed by atoms with Crippen LogP contribution in [0, 0.1) is 11.8 Å². The van der Waals surface area contributed by atoms with Gasteiger partial charge in [-0.05, 0) is 24.7 Å². The van der Waals surface area contributed by atoms with Crippen molar-refractivity contribution >= 4 is 0 Å². The van der Waals surface area contributed by atoms with E-state index in [-0.39, 0.29) is 6.67 Å². The lowest BCUT2D eigenvalue weighted by molar-refractivity contribution is 0.0568. The molecular weight excluding hydrogens is 227 g/mol. The van der Waals surface area contributed by atoms with Gasteiger partial charge in [0.05, 0.1) is 0 Å². The van der Waals surface area contributed by atoms with Crippen molar-refractivity contribution in [2.45, 2.75) is 58.0 Å². The van der Waals surface area contributed by atoms with Gasteiger partial charge in [0.2, 0.25) is 0 Å². The van der Waals surface area contributed by atoms with Crippen molar-refractivity contribution in [2.75, 3.05) is 26.3 Å². The van der Waals surface area contributed by atoms with Crippen LogP contribution in [0.3, 0.4) is 0 Å². The van der Waals surface area contributed by atoms with E-state index in [4.69, 9.17) is 0 Å². The summed E-state index contributed by atoms with van der Waals surface area (Å²) in [6, 6.07) is 1.12. The van der Waals surface area contributed by atoms with Gasteiger partial charge in [-0.15, -0.1) is 0 Å². The molecule has 0 aromatic heterocycles. The Morgan fingerprint density at radius 1 is 1.22 bits per heavy atom. The molecule has 0 bridgehead atoms. The fourth-order valence-electron chi connectivity index (χ4n) is 3.65. The number of rotatable bonds is 4. The van der Waals surface area contributed by atoms with Gasteiger partial charge < -0.3 is 5.32 Å². The number of hydrogen-bond acceptors (Lipinski definition) is 2. The van der Waals surface area contributed by atoms with Crippen LogP contribution in [-0.4, -0.2) is 43.3 Å². The number of alkyl halides is 1. The summed E-state index contributed by atoms with van der Waals surface area (Å²) in [5, 5.41) is 3.69. The lowest BCUT2D eigenvalue weighted by Gasteiger charge is -2.45. The highest BCUT2D eigenvalue weighted by atomic mass is 19.1. The second kappa shape index (κ2) is 6.85. The molecule has 1 N–H and O–H groups in total. The number of nitrogens with zero attached hydrogens (tertiary/aromatic N) is 1. The summed E-state index contributed by atoms with van der Waals surface area (Å²) in [7, 11) is 0. The minimum atomic E-state index is -0.200. The van der Waals surface area contributed by atoms with Crippen LogP contribution in [0.1, 0.15) is 46.0 Å². The Morgan fingerprint density at radius 2 is 1.94 bits per heavy atom. The molecule has 2 atom stereocenters. The van der Waals surface area contributed by atoms with Gasteiger partial charge in [-0.2, -0.15) is 0 Å². The van der Waals surface area contributed by atoms with E-state index in [1.807, 2.05) is 0 Å². The minimum absolute atomic E-state index is 0.200. The molecule has 0 amide bonds. The summed E-state index contributed by atoms with van der Waals surface area (Å²) in [6.45, 7) is 7.04. The molecule has 1 saturated carbocycles. The Bertz CT molecular complexity index is 239. The summed E-state index contributed by atoms with van der Waals surface area (Å²) in [4.78, 5) is 2.43. The largest absolute Gasteiger partial charge is 0.311 e. The third-order valence-corrected chi connectivity index (χ3v) is 4.86. The van der Waals surface area contributed by atoms with Gasteiger partial charge in [-0.3, -0.25) is 4.90 Å². The average Bonchev–Trinajstić information content (AvgIpc) is 2.40. The van der Waals surface area contributed by atoms with E-state index < -0.39 is 0 Å². The van der Waals surface area contributed by atoms with E-state index in [0.717, 1.165) is 19.0 Å². The van der Waals surface area contributed by atoms with Crippen LogP contribution < -0.4 is 5.32 Å². The second-order valence-electron chi connectivity index (χ2n) is 6.41. The molecule has 18 heavy (non-hydrogen) atoms. The third-order valence-electron chi connectivity index (χ3n) is 4.86. The molecule has 2 aliphatic rings. The third kappa shape index (κ3) is 3.45. The van der Waals surface area contributed by atoms with E-state index in [0.29, 0.717) is 24.5 Å². The molecule has 2 fully saturated rings. The van der Waals surface area contributed by atoms with E-state index in [1.165, 1.54) is 32.1 Å². The second-order valence-corrected chi connectivity index (χ2v) is 6.41. The average molecular weight is 256 g/mol. The van der Waals surface area contributed by atoms with Crippen LogP contribution in [0.2, 0.25) is 0 Å². The van der Waals surface area contributed by atoms with Crippen molar-refractivity contribution < 1.29 is 4.39 Å². The highest BCUT2D eigenvalue weighted by molar-refractivity contribution is 4.91. The monoisotopic (exact) mass is 256 g/mol. The van der Waals surface area contributed by atoms with E-state index in [9.17, 15) is 4.39 Å². The fraction of sp³-hybridized carbons (Fsp3) is 1.00. The van der Waals surface area contributed by atoms with Gasteiger partial charge in [0.15, 0.2) is 0 Å². The van der Waals surface area contributed by atoms with Crippen molar-refractivity contribution in [1.82, 2.24) is 10.2 Å². The Labute approximate surface area is 111 Å². The summed E-state index contributed by atoms with van der Waals surface area (Å²) < 4.78 is 12.8. The number of nitrogens with one attached hydrogen (secondary N) is 1. The smallest absolute Gasteiger partial charge is 0.102 e. The Morgan fingerprint density at radius 3 is 2.56 bits per heavy atom. The highest BCUT2D eigenvalue weighted by Crippen LogP contribution is 2.30. The maximum absolute atomic E-state index is 12.8. The quantitative estimate of drug-likeness (QED) is 0.832. The molecule has 3 heteroatoms. The van der Waals surface area contributed by atoms with Gasteiger partial charge in [0.1, 0.15) is 6.67 Å². The molecule has 0 spiro atoms. The summed E-state index contributed by atoms with van der Waals surface area (Å²) >= 11 is 0. The lowest BCUT2D eigenvalue weighted by Crippen LogP contribution is -2.60. The number of halogens is 1. The molecule has 1 heterocycles. The molecule has 1 aliphatic heterocycles. The number of hydrogen-bond donors (Lipinski definition) is 1. The fourth-order valence-corrected chi connectivity index (χ4v) is 3.65. The van der Waals surface area contributed by atoms with Gasteiger partial charge in [0.25, 0.3) is 0 Å².